The predicted octanol–water partition coefficient (Wildman–Crippen LogP) is 3.23. The van der Waals surface area contributed by atoms with Crippen LogP contribution in [0.2, 0.25) is 0 Å². The molecule has 0 saturated heterocycles. The molecule has 112 valence electrons. The van der Waals surface area contributed by atoms with Crippen LogP contribution in [0.3, 0.4) is 0 Å². The Morgan fingerprint density at radius 2 is 2.00 bits per heavy atom. The molecule has 3 rings (SSSR count). The molecule has 1 aromatic heterocycles. The molecular weight excluding hydrogens is 280 g/mol. The van der Waals surface area contributed by atoms with Gasteiger partial charge in [0, 0.05) is 30.0 Å². The van der Waals surface area contributed by atoms with Crippen molar-refractivity contribution < 1.29 is 4.92 Å². The van der Waals surface area contributed by atoms with Gasteiger partial charge in [-0.05, 0) is 23.5 Å². The minimum atomic E-state index is -0.411. The van der Waals surface area contributed by atoms with Gasteiger partial charge < -0.3 is 0 Å². The first-order valence-corrected chi connectivity index (χ1v) is 7.06. The molecule has 0 bridgehead atoms. The monoisotopic (exact) mass is 296 g/mol. The molecule has 2 aromatic rings. The number of fused-ring (bicyclic) bond motifs is 1. The van der Waals surface area contributed by atoms with Crippen LogP contribution in [0.25, 0.3) is 5.70 Å². The number of non-ortho nitro benzene ring substituents is 1. The maximum absolute atomic E-state index is 12.1. The van der Waals surface area contributed by atoms with Crippen molar-refractivity contribution in [3.05, 3.63) is 80.3 Å². The van der Waals surface area contributed by atoms with E-state index < -0.39 is 4.92 Å². The minimum absolute atomic E-state index is 0.0355. The molecule has 0 aliphatic heterocycles. The quantitative estimate of drug-likeness (QED) is 0.631. The summed E-state index contributed by atoms with van der Waals surface area (Å²) in [5, 5.41) is 11.0. The zero-order valence-corrected chi connectivity index (χ0v) is 12.4. The summed E-state index contributed by atoms with van der Waals surface area (Å²) < 4.78 is 1.55. The standard InChI is InChI=1S/C17H16N2O3/c1-17(2)10-12-6-7-13(19(21)22)9-14(12)15(11-17)18-8-4-3-5-16(18)20/h3-9,11H,10H2,1-2H3. The molecule has 0 spiro atoms. The van der Waals surface area contributed by atoms with Crippen molar-refractivity contribution in [2.45, 2.75) is 20.3 Å². The van der Waals surface area contributed by atoms with Crippen LogP contribution in [-0.4, -0.2) is 9.49 Å². The summed E-state index contributed by atoms with van der Waals surface area (Å²) in [7, 11) is 0. The van der Waals surface area contributed by atoms with Crippen molar-refractivity contribution in [2.75, 3.05) is 0 Å². The van der Waals surface area contributed by atoms with Gasteiger partial charge in [0.15, 0.2) is 0 Å². The van der Waals surface area contributed by atoms with Crippen LogP contribution in [-0.2, 0) is 6.42 Å². The van der Waals surface area contributed by atoms with Crippen LogP contribution in [0.5, 0.6) is 0 Å². The van der Waals surface area contributed by atoms with Gasteiger partial charge in [-0.1, -0.05) is 32.1 Å². The number of allylic oxidation sites excluding steroid dienone is 1. The lowest BCUT2D eigenvalue weighted by Crippen LogP contribution is -2.25. The second-order valence-corrected chi connectivity index (χ2v) is 6.20. The molecule has 0 saturated carbocycles. The molecule has 0 unspecified atom stereocenters. The smallest absolute Gasteiger partial charge is 0.270 e. The van der Waals surface area contributed by atoms with Gasteiger partial charge in [0.25, 0.3) is 11.2 Å². The average molecular weight is 296 g/mol. The van der Waals surface area contributed by atoms with Gasteiger partial charge in [0.1, 0.15) is 0 Å². The van der Waals surface area contributed by atoms with Crippen molar-refractivity contribution in [3.8, 4) is 0 Å². The van der Waals surface area contributed by atoms with E-state index in [9.17, 15) is 14.9 Å². The van der Waals surface area contributed by atoms with Gasteiger partial charge in [-0.2, -0.15) is 0 Å². The van der Waals surface area contributed by atoms with E-state index in [-0.39, 0.29) is 16.7 Å². The number of pyridine rings is 1. The van der Waals surface area contributed by atoms with E-state index in [2.05, 4.69) is 13.8 Å². The van der Waals surface area contributed by atoms with Gasteiger partial charge in [0.05, 0.1) is 10.6 Å². The van der Waals surface area contributed by atoms with Crippen LogP contribution in [0, 0.1) is 15.5 Å². The topological polar surface area (TPSA) is 65.1 Å². The Morgan fingerprint density at radius 3 is 2.68 bits per heavy atom. The number of nitrogens with zero attached hydrogens (tertiary/aromatic N) is 2. The Labute approximate surface area is 127 Å². The molecule has 0 fully saturated rings. The Balaban J connectivity index is 2.27. The highest BCUT2D eigenvalue weighted by atomic mass is 16.6. The summed E-state index contributed by atoms with van der Waals surface area (Å²) in [5.41, 5.74) is 2.25. The molecule has 5 heteroatoms. The number of rotatable bonds is 2. The van der Waals surface area contributed by atoms with Gasteiger partial charge in [0.2, 0.25) is 0 Å². The summed E-state index contributed by atoms with van der Waals surface area (Å²) in [6.07, 6.45) is 4.49. The van der Waals surface area contributed by atoms with E-state index >= 15 is 0 Å². The fourth-order valence-electron chi connectivity index (χ4n) is 2.89. The highest BCUT2D eigenvalue weighted by Crippen LogP contribution is 2.38. The Kier molecular flexibility index (Phi) is 3.20. The fourth-order valence-corrected chi connectivity index (χ4v) is 2.89. The third kappa shape index (κ3) is 2.45. The fraction of sp³-hybridized carbons (Fsp3) is 0.235. The third-order valence-electron chi connectivity index (χ3n) is 3.84. The molecule has 1 aromatic carbocycles. The highest BCUT2D eigenvalue weighted by molar-refractivity contribution is 5.73. The summed E-state index contributed by atoms with van der Waals surface area (Å²) in [5.74, 6) is 0. The lowest BCUT2D eigenvalue weighted by molar-refractivity contribution is -0.384. The largest absolute Gasteiger partial charge is 0.284 e. The van der Waals surface area contributed by atoms with Gasteiger partial charge in [-0.25, -0.2) is 0 Å². The van der Waals surface area contributed by atoms with Crippen molar-refractivity contribution in [1.29, 1.82) is 0 Å². The van der Waals surface area contributed by atoms with Crippen molar-refractivity contribution in [3.63, 3.8) is 0 Å². The van der Waals surface area contributed by atoms with E-state index in [1.54, 1.807) is 35.0 Å². The van der Waals surface area contributed by atoms with Gasteiger partial charge >= 0.3 is 0 Å². The number of aromatic nitrogens is 1. The van der Waals surface area contributed by atoms with Crippen LogP contribution >= 0.6 is 0 Å². The Morgan fingerprint density at radius 1 is 1.23 bits per heavy atom. The Hall–Kier alpha value is -2.69. The Bertz CT molecular complexity index is 847. The second kappa shape index (κ2) is 4.94. The third-order valence-corrected chi connectivity index (χ3v) is 3.84. The molecule has 1 heterocycles. The second-order valence-electron chi connectivity index (χ2n) is 6.20. The van der Waals surface area contributed by atoms with E-state index in [1.165, 1.54) is 12.1 Å². The van der Waals surface area contributed by atoms with Crippen LogP contribution in [0.15, 0.2) is 53.5 Å². The number of hydrogen-bond acceptors (Lipinski definition) is 3. The summed E-state index contributed by atoms with van der Waals surface area (Å²) in [6.45, 7) is 4.18. The van der Waals surface area contributed by atoms with E-state index in [4.69, 9.17) is 0 Å². The summed E-state index contributed by atoms with van der Waals surface area (Å²) >= 11 is 0. The van der Waals surface area contributed by atoms with E-state index in [0.29, 0.717) is 5.70 Å². The predicted molar refractivity (Wildman–Crippen MR) is 84.7 cm³/mol. The zero-order valence-electron chi connectivity index (χ0n) is 12.4. The number of benzene rings is 1. The first-order chi connectivity index (χ1) is 10.4. The van der Waals surface area contributed by atoms with Crippen LogP contribution in [0.1, 0.15) is 25.0 Å². The molecule has 0 radical (unpaired) electrons. The molecule has 0 amide bonds. The van der Waals surface area contributed by atoms with Crippen LogP contribution < -0.4 is 5.56 Å². The molecule has 0 N–H and O–H groups in total. The molecule has 0 atom stereocenters. The van der Waals surface area contributed by atoms with Crippen molar-refractivity contribution in [1.82, 2.24) is 4.57 Å². The molecule has 1 aliphatic carbocycles. The van der Waals surface area contributed by atoms with E-state index in [1.807, 2.05) is 6.08 Å². The van der Waals surface area contributed by atoms with E-state index in [0.717, 1.165) is 17.5 Å². The maximum atomic E-state index is 12.1. The number of hydrogen-bond donors (Lipinski definition) is 0. The lowest BCUT2D eigenvalue weighted by Gasteiger charge is -2.30. The SMILES string of the molecule is CC1(C)C=C(n2ccccc2=O)c2cc([N+](=O)[O-])ccc2C1. The maximum Gasteiger partial charge on any atom is 0.270 e. The zero-order chi connectivity index (χ0) is 15.9. The number of nitro benzene ring substituents is 1. The highest BCUT2D eigenvalue weighted by Gasteiger charge is 2.27. The van der Waals surface area contributed by atoms with Gasteiger partial charge in [-0.3, -0.25) is 19.5 Å². The lowest BCUT2D eigenvalue weighted by atomic mass is 9.78. The van der Waals surface area contributed by atoms with Crippen molar-refractivity contribution in [2.24, 2.45) is 5.41 Å². The summed E-state index contributed by atoms with van der Waals surface area (Å²) in [4.78, 5) is 22.8. The first-order valence-electron chi connectivity index (χ1n) is 7.06. The minimum Gasteiger partial charge on any atom is -0.284 e. The molecular formula is C17H16N2O3. The molecule has 22 heavy (non-hydrogen) atoms. The van der Waals surface area contributed by atoms with Crippen molar-refractivity contribution >= 4 is 11.4 Å². The summed E-state index contributed by atoms with van der Waals surface area (Å²) in [6, 6.07) is 9.81. The normalized spacial score (nSPS) is 15.8. The van der Waals surface area contributed by atoms with Crippen LogP contribution in [0.4, 0.5) is 5.69 Å². The van der Waals surface area contributed by atoms with Gasteiger partial charge in [-0.15, -0.1) is 0 Å². The molecule has 5 nitrogen and oxygen atoms in total. The first kappa shape index (κ1) is 14.3. The molecule has 1 aliphatic rings. The number of nitro groups is 1. The average Bonchev–Trinajstić information content (AvgIpc) is 2.45.